The lowest BCUT2D eigenvalue weighted by atomic mass is 10.0. The molecule has 6 rings (SSSR count). The van der Waals surface area contributed by atoms with Gasteiger partial charge in [-0.15, -0.1) is 0 Å². The number of hydrogen-bond donors (Lipinski definition) is 1. The topological polar surface area (TPSA) is 93.6 Å². The number of ether oxygens (including phenoxy) is 2. The second kappa shape index (κ2) is 11.8. The maximum Gasteiger partial charge on any atom is 0.232 e. The molecule has 0 radical (unpaired) electrons. The van der Waals surface area contributed by atoms with E-state index in [2.05, 4.69) is 67.2 Å². The third-order valence-corrected chi connectivity index (χ3v) is 7.17. The number of carbonyl (C=O) groups excluding carboxylic acids is 2. The van der Waals surface area contributed by atoms with E-state index in [1.165, 1.54) is 11.1 Å². The standard InChI is InChI=1S/C17H18N2O2.C16H16N2O2/c1-11(2)12-4-6-13(7-5-12)21-15-8-9-18-17-14(15)10-16(20)19(17)3;1-10(2)11-3-5-12(6-4-11)20-14-7-8-17-16-13(14)9-15(19)18-16/h4-9,11H,10H2,1-3H3;3-8,10H,9H2,1-2H3,(H,17,18,19). The number of carbonyl (C=O) groups is 2. The summed E-state index contributed by atoms with van der Waals surface area (Å²) in [7, 11) is 1.74. The molecule has 4 aromatic rings. The maximum atomic E-state index is 11.8. The molecular weight excluding hydrogens is 516 g/mol. The number of hydrogen-bond acceptors (Lipinski definition) is 6. The molecule has 8 nitrogen and oxygen atoms in total. The number of likely N-dealkylation sites (N-methyl/N-ethyl adjacent to an activating group) is 1. The number of nitrogens with zero attached hydrogens (tertiary/aromatic N) is 3. The quantitative estimate of drug-likeness (QED) is 0.278. The van der Waals surface area contributed by atoms with Crippen molar-refractivity contribution in [2.45, 2.75) is 52.4 Å². The van der Waals surface area contributed by atoms with Gasteiger partial charge in [-0.25, -0.2) is 9.97 Å². The molecule has 0 atom stereocenters. The SMILES string of the molecule is CC(C)c1ccc(Oc2ccnc3c2CC(=O)N3)cc1.CC(C)c1ccc(Oc2ccnc3c2CC(=O)N3C)cc1. The van der Waals surface area contributed by atoms with Gasteiger partial charge in [0.2, 0.25) is 11.8 Å². The molecule has 0 unspecified atom stereocenters. The van der Waals surface area contributed by atoms with Crippen LogP contribution in [0.5, 0.6) is 23.0 Å². The van der Waals surface area contributed by atoms with Crippen molar-refractivity contribution < 1.29 is 19.1 Å². The summed E-state index contributed by atoms with van der Waals surface area (Å²) >= 11 is 0. The first-order chi connectivity index (χ1) is 19.7. The third-order valence-electron chi connectivity index (χ3n) is 7.17. The Morgan fingerprint density at radius 3 is 1.76 bits per heavy atom. The average Bonchev–Trinajstić information content (AvgIpc) is 3.49. The summed E-state index contributed by atoms with van der Waals surface area (Å²) in [6.07, 6.45) is 3.98. The summed E-state index contributed by atoms with van der Waals surface area (Å²) in [6.45, 7) is 8.63. The van der Waals surface area contributed by atoms with Crippen molar-refractivity contribution in [3.05, 3.63) is 95.3 Å². The largest absolute Gasteiger partial charge is 0.457 e. The van der Waals surface area contributed by atoms with Crippen molar-refractivity contribution in [3.8, 4) is 23.0 Å². The van der Waals surface area contributed by atoms with Crippen molar-refractivity contribution in [1.29, 1.82) is 0 Å². The van der Waals surface area contributed by atoms with Crippen LogP contribution in [0.2, 0.25) is 0 Å². The highest BCUT2D eigenvalue weighted by molar-refractivity contribution is 6.00. The van der Waals surface area contributed by atoms with Gasteiger partial charge in [-0.3, -0.25) is 14.5 Å². The van der Waals surface area contributed by atoms with E-state index in [1.807, 2.05) is 30.3 Å². The van der Waals surface area contributed by atoms with E-state index in [0.717, 1.165) is 22.6 Å². The third kappa shape index (κ3) is 6.22. The van der Waals surface area contributed by atoms with Crippen molar-refractivity contribution in [1.82, 2.24) is 9.97 Å². The maximum absolute atomic E-state index is 11.8. The fourth-order valence-electron chi connectivity index (χ4n) is 4.68. The molecule has 0 bridgehead atoms. The summed E-state index contributed by atoms with van der Waals surface area (Å²) < 4.78 is 11.8. The number of aromatic nitrogens is 2. The van der Waals surface area contributed by atoms with Crippen LogP contribution in [0.25, 0.3) is 0 Å². The molecule has 0 fully saturated rings. The van der Waals surface area contributed by atoms with Crippen LogP contribution in [0.15, 0.2) is 73.1 Å². The van der Waals surface area contributed by atoms with Gasteiger partial charge in [-0.05, 0) is 59.4 Å². The second-order valence-electron chi connectivity index (χ2n) is 10.8. The van der Waals surface area contributed by atoms with Crippen LogP contribution in [0.4, 0.5) is 11.6 Å². The highest BCUT2D eigenvalue weighted by Gasteiger charge is 2.28. The van der Waals surface area contributed by atoms with E-state index in [0.29, 0.717) is 47.8 Å². The summed E-state index contributed by atoms with van der Waals surface area (Å²) in [5.74, 6) is 5.22. The molecule has 0 aliphatic carbocycles. The Kier molecular flexibility index (Phi) is 8.01. The zero-order chi connectivity index (χ0) is 29.1. The summed E-state index contributed by atoms with van der Waals surface area (Å²) in [5.41, 5.74) is 4.23. The van der Waals surface area contributed by atoms with Crippen LogP contribution in [0.1, 0.15) is 61.8 Å². The van der Waals surface area contributed by atoms with Crippen LogP contribution in [0.3, 0.4) is 0 Å². The average molecular weight is 551 g/mol. The normalized spacial score (nSPS) is 13.5. The van der Waals surface area contributed by atoms with Crippen molar-refractivity contribution in [2.24, 2.45) is 0 Å². The minimum atomic E-state index is -0.0429. The van der Waals surface area contributed by atoms with Gasteiger partial charge in [0.05, 0.1) is 12.8 Å². The Morgan fingerprint density at radius 2 is 1.22 bits per heavy atom. The van der Waals surface area contributed by atoms with E-state index < -0.39 is 0 Å². The van der Waals surface area contributed by atoms with Crippen LogP contribution in [-0.4, -0.2) is 28.8 Å². The lowest BCUT2D eigenvalue weighted by Gasteiger charge is -2.12. The predicted octanol–water partition coefficient (Wildman–Crippen LogP) is 7.01. The van der Waals surface area contributed by atoms with Gasteiger partial charge >= 0.3 is 0 Å². The second-order valence-corrected chi connectivity index (χ2v) is 10.8. The van der Waals surface area contributed by atoms with Gasteiger partial charge < -0.3 is 14.8 Å². The highest BCUT2D eigenvalue weighted by atomic mass is 16.5. The predicted molar refractivity (Wildman–Crippen MR) is 159 cm³/mol. The Hall–Kier alpha value is -4.72. The first-order valence-electron chi connectivity index (χ1n) is 13.8. The van der Waals surface area contributed by atoms with E-state index >= 15 is 0 Å². The van der Waals surface area contributed by atoms with Gasteiger partial charge in [0, 0.05) is 30.6 Å². The van der Waals surface area contributed by atoms with Crippen LogP contribution in [0, 0.1) is 0 Å². The monoisotopic (exact) mass is 550 g/mol. The van der Waals surface area contributed by atoms with Crippen molar-refractivity contribution in [3.63, 3.8) is 0 Å². The lowest BCUT2D eigenvalue weighted by molar-refractivity contribution is -0.117. The van der Waals surface area contributed by atoms with Gasteiger partial charge in [0.1, 0.15) is 34.6 Å². The van der Waals surface area contributed by atoms with Gasteiger partial charge in [0.15, 0.2) is 0 Å². The number of rotatable bonds is 6. The highest BCUT2D eigenvalue weighted by Crippen LogP contribution is 2.36. The number of anilines is 2. The minimum Gasteiger partial charge on any atom is -0.457 e. The molecule has 0 saturated carbocycles. The van der Waals surface area contributed by atoms with E-state index in [4.69, 9.17) is 9.47 Å². The van der Waals surface area contributed by atoms with Gasteiger partial charge in [-0.2, -0.15) is 0 Å². The molecule has 2 aromatic carbocycles. The van der Waals surface area contributed by atoms with Gasteiger partial charge in [-0.1, -0.05) is 52.0 Å². The molecule has 2 aliphatic rings. The van der Waals surface area contributed by atoms with Crippen LogP contribution in [-0.2, 0) is 22.4 Å². The number of benzene rings is 2. The summed E-state index contributed by atoms with van der Waals surface area (Å²) in [6, 6.07) is 19.7. The molecular formula is C33H34N4O4. The Morgan fingerprint density at radius 1 is 0.707 bits per heavy atom. The fourth-order valence-corrected chi connectivity index (χ4v) is 4.68. The molecule has 1 N–H and O–H groups in total. The van der Waals surface area contributed by atoms with E-state index in [1.54, 1.807) is 30.4 Å². The van der Waals surface area contributed by atoms with Crippen molar-refractivity contribution >= 4 is 23.5 Å². The molecule has 0 spiro atoms. The zero-order valence-electron chi connectivity index (χ0n) is 24.0. The number of amides is 2. The molecule has 0 saturated heterocycles. The number of fused-ring (bicyclic) bond motifs is 2. The Balaban J connectivity index is 0.000000165. The fraction of sp³-hybridized carbons (Fsp3) is 0.273. The molecule has 8 heteroatoms. The molecule has 2 amide bonds. The lowest BCUT2D eigenvalue weighted by Crippen LogP contribution is -2.21. The molecule has 2 aromatic heterocycles. The molecule has 2 aliphatic heterocycles. The first-order valence-corrected chi connectivity index (χ1v) is 13.8. The van der Waals surface area contributed by atoms with Crippen molar-refractivity contribution in [2.75, 3.05) is 17.3 Å². The smallest absolute Gasteiger partial charge is 0.232 e. The minimum absolute atomic E-state index is 0.0429. The summed E-state index contributed by atoms with van der Waals surface area (Å²) in [4.78, 5) is 33.2. The van der Waals surface area contributed by atoms with Crippen LogP contribution < -0.4 is 19.7 Å². The van der Waals surface area contributed by atoms with Crippen LogP contribution >= 0.6 is 0 Å². The number of pyridine rings is 2. The number of nitrogens with one attached hydrogen (secondary N) is 1. The van der Waals surface area contributed by atoms with E-state index in [-0.39, 0.29) is 11.8 Å². The first kappa shape index (κ1) is 27.8. The van der Waals surface area contributed by atoms with Gasteiger partial charge in [0.25, 0.3) is 0 Å². The molecule has 210 valence electrons. The Labute approximate surface area is 240 Å². The summed E-state index contributed by atoms with van der Waals surface area (Å²) in [5, 5.41) is 2.72. The zero-order valence-corrected chi connectivity index (χ0v) is 24.0. The van der Waals surface area contributed by atoms with E-state index in [9.17, 15) is 9.59 Å². The molecule has 41 heavy (non-hydrogen) atoms. The molecule has 4 heterocycles. The Bertz CT molecular complexity index is 1560.